The first-order chi connectivity index (χ1) is 6.67. The number of aryl methyl sites for hydroxylation is 1. The van der Waals surface area contributed by atoms with Crippen molar-refractivity contribution in [1.29, 1.82) is 0 Å². The molecule has 1 amide bonds. The van der Waals surface area contributed by atoms with Crippen molar-refractivity contribution in [3.63, 3.8) is 0 Å². The third-order valence-corrected chi connectivity index (χ3v) is 1.66. The second kappa shape index (κ2) is 4.73. The Morgan fingerprint density at radius 1 is 1.79 bits per heavy atom. The van der Waals surface area contributed by atoms with E-state index in [1.165, 1.54) is 7.11 Å². The summed E-state index contributed by atoms with van der Waals surface area (Å²) in [6, 6.07) is 0. The van der Waals surface area contributed by atoms with Crippen LogP contribution in [0.1, 0.15) is 5.56 Å². The lowest BCUT2D eigenvalue weighted by molar-refractivity contribution is -0.119. The summed E-state index contributed by atoms with van der Waals surface area (Å²) in [5.41, 5.74) is 6.28. The number of hydrogen-bond acceptors (Lipinski definition) is 4. The zero-order valence-corrected chi connectivity index (χ0v) is 8.28. The van der Waals surface area contributed by atoms with Gasteiger partial charge in [-0.2, -0.15) is 5.10 Å². The van der Waals surface area contributed by atoms with Gasteiger partial charge >= 0.3 is 0 Å². The Balaban J connectivity index is 2.70. The smallest absolute Gasteiger partial charge is 0.251 e. The molecule has 14 heavy (non-hydrogen) atoms. The molecule has 6 nitrogen and oxygen atoms in total. The average Bonchev–Trinajstić information content (AvgIpc) is 2.46. The van der Waals surface area contributed by atoms with Crippen LogP contribution in [0, 0.1) is 0 Å². The van der Waals surface area contributed by atoms with Gasteiger partial charge in [0.05, 0.1) is 0 Å². The topological polar surface area (TPSA) is 82.2 Å². The monoisotopic (exact) mass is 198 g/mol. The lowest BCUT2D eigenvalue weighted by atomic mass is 10.3. The van der Waals surface area contributed by atoms with Crippen LogP contribution in [-0.4, -0.2) is 29.4 Å². The summed E-state index contributed by atoms with van der Waals surface area (Å²) in [5.74, 6) is 0.262. The van der Waals surface area contributed by atoms with Crippen LogP contribution in [0.3, 0.4) is 0 Å². The van der Waals surface area contributed by atoms with E-state index in [0.29, 0.717) is 12.4 Å². The van der Waals surface area contributed by atoms with Crippen molar-refractivity contribution in [3.05, 3.63) is 11.8 Å². The number of aromatic nitrogens is 2. The van der Waals surface area contributed by atoms with E-state index in [9.17, 15) is 4.79 Å². The van der Waals surface area contributed by atoms with Crippen LogP contribution in [0.2, 0.25) is 0 Å². The molecule has 1 aromatic rings. The number of anilines is 1. The molecule has 0 bridgehead atoms. The van der Waals surface area contributed by atoms with Gasteiger partial charge < -0.3 is 15.8 Å². The minimum atomic E-state index is -0.235. The number of rotatable bonds is 4. The Kier molecular flexibility index (Phi) is 3.61. The van der Waals surface area contributed by atoms with Crippen molar-refractivity contribution < 1.29 is 9.53 Å². The van der Waals surface area contributed by atoms with Crippen molar-refractivity contribution in [1.82, 2.24) is 9.78 Å². The zero-order chi connectivity index (χ0) is 10.6. The number of carbonyl (C=O) groups excluding carboxylic acids is 1. The molecule has 1 rings (SSSR count). The second-order valence-electron chi connectivity index (χ2n) is 2.86. The molecule has 0 fully saturated rings. The molecule has 0 unspecified atom stereocenters. The Morgan fingerprint density at radius 2 is 2.50 bits per heavy atom. The third kappa shape index (κ3) is 2.54. The van der Waals surface area contributed by atoms with Crippen molar-refractivity contribution in [2.45, 2.75) is 6.54 Å². The standard InChI is InChI=1S/C8H14N4O2/c1-12-4-6(3-9)8(11-12)10-7(13)5-14-2/h4H,3,5,9H2,1-2H3,(H,10,11,13). The van der Waals surface area contributed by atoms with Crippen molar-refractivity contribution in [2.75, 3.05) is 19.0 Å². The number of methoxy groups -OCH3 is 1. The Morgan fingerprint density at radius 3 is 3.07 bits per heavy atom. The first-order valence-corrected chi connectivity index (χ1v) is 4.18. The SMILES string of the molecule is COCC(=O)Nc1nn(C)cc1CN. The van der Waals surface area contributed by atoms with E-state index in [-0.39, 0.29) is 12.5 Å². The number of nitrogens with zero attached hydrogens (tertiary/aromatic N) is 2. The van der Waals surface area contributed by atoms with Crippen molar-refractivity contribution in [3.8, 4) is 0 Å². The van der Waals surface area contributed by atoms with E-state index in [4.69, 9.17) is 5.73 Å². The summed E-state index contributed by atoms with van der Waals surface area (Å²) in [6.45, 7) is 0.358. The van der Waals surface area contributed by atoms with Crippen molar-refractivity contribution >= 4 is 11.7 Å². The number of nitrogens with one attached hydrogen (secondary N) is 1. The number of hydrogen-bond donors (Lipinski definition) is 2. The molecule has 0 aliphatic carbocycles. The molecule has 0 saturated carbocycles. The highest BCUT2D eigenvalue weighted by Crippen LogP contribution is 2.10. The van der Waals surface area contributed by atoms with Gasteiger partial charge in [-0.3, -0.25) is 9.48 Å². The van der Waals surface area contributed by atoms with Crippen LogP contribution in [0.25, 0.3) is 0 Å². The molecule has 0 aromatic carbocycles. The molecule has 3 N–H and O–H groups in total. The molecule has 0 aliphatic heterocycles. The lowest BCUT2D eigenvalue weighted by Crippen LogP contribution is -2.18. The summed E-state index contributed by atoms with van der Waals surface area (Å²) < 4.78 is 6.28. The largest absolute Gasteiger partial charge is 0.375 e. The van der Waals surface area contributed by atoms with E-state index in [1.807, 2.05) is 0 Å². The molecule has 6 heteroatoms. The van der Waals surface area contributed by atoms with Crippen LogP contribution in [0.5, 0.6) is 0 Å². The Labute approximate surface area is 82.0 Å². The molecular formula is C8H14N4O2. The van der Waals surface area contributed by atoms with E-state index in [1.54, 1.807) is 17.9 Å². The maximum absolute atomic E-state index is 11.2. The first kappa shape index (κ1) is 10.7. The second-order valence-corrected chi connectivity index (χ2v) is 2.86. The molecule has 1 aromatic heterocycles. The number of amides is 1. The van der Waals surface area contributed by atoms with E-state index in [0.717, 1.165) is 5.56 Å². The van der Waals surface area contributed by atoms with Gasteiger partial charge in [0, 0.05) is 32.5 Å². The maximum Gasteiger partial charge on any atom is 0.251 e. The highest BCUT2D eigenvalue weighted by molar-refractivity contribution is 5.91. The van der Waals surface area contributed by atoms with Crippen molar-refractivity contribution in [2.24, 2.45) is 12.8 Å². The van der Waals surface area contributed by atoms with E-state index < -0.39 is 0 Å². The summed E-state index contributed by atoms with van der Waals surface area (Å²) in [5, 5.41) is 6.66. The normalized spacial score (nSPS) is 10.2. The maximum atomic E-state index is 11.2. The Hall–Kier alpha value is -1.40. The van der Waals surface area contributed by atoms with Gasteiger partial charge in [0.15, 0.2) is 5.82 Å². The molecule has 0 radical (unpaired) electrons. The third-order valence-electron chi connectivity index (χ3n) is 1.66. The summed E-state index contributed by atoms with van der Waals surface area (Å²) in [4.78, 5) is 11.2. The van der Waals surface area contributed by atoms with Crippen LogP contribution < -0.4 is 11.1 Å². The minimum absolute atomic E-state index is 0.0145. The number of carbonyl (C=O) groups is 1. The fourth-order valence-corrected chi connectivity index (χ4v) is 1.09. The summed E-state index contributed by atoms with van der Waals surface area (Å²) in [6.07, 6.45) is 1.77. The molecular weight excluding hydrogens is 184 g/mol. The van der Waals surface area contributed by atoms with Gasteiger partial charge in [0.25, 0.3) is 5.91 Å². The fourth-order valence-electron chi connectivity index (χ4n) is 1.09. The molecule has 0 saturated heterocycles. The summed E-state index contributed by atoms with van der Waals surface area (Å²) >= 11 is 0. The molecule has 0 spiro atoms. The van der Waals surface area contributed by atoms with Gasteiger partial charge in [0.2, 0.25) is 0 Å². The van der Waals surface area contributed by atoms with Gasteiger partial charge in [-0.25, -0.2) is 0 Å². The van der Waals surface area contributed by atoms with Gasteiger partial charge in [-0.05, 0) is 0 Å². The quantitative estimate of drug-likeness (QED) is 0.681. The van der Waals surface area contributed by atoms with Crippen LogP contribution in [-0.2, 0) is 23.1 Å². The van der Waals surface area contributed by atoms with Gasteiger partial charge in [-0.1, -0.05) is 0 Å². The van der Waals surface area contributed by atoms with E-state index in [2.05, 4.69) is 15.2 Å². The zero-order valence-electron chi connectivity index (χ0n) is 8.28. The summed E-state index contributed by atoms with van der Waals surface area (Å²) in [7, 11) is 3.23. The number of nitrogens with two attached hydrogens (primary N) is 1. The van der Waals surface area contributed by atoms with Crippen LogP contribution >= 0.6 is 0 Å². The predicted octanol–water partition coefficient (Wildman–Crippen LogP) is -0.536. The van der Waals surface area contributed by atoms with Gasteiger partial charge in [0.1, 0.15) is 6.61 Å². The molecule has 78 valence electrons. The lowest BCUT2D eigenvalue weighted by Gasteiger charge is -2.01. The Bertz CT molecular complexity index is 321. The number of ether oxygens (including phenoxy) is 1. The highest BCUT2D eigenvalue weighted by Gasteiger charge is 2.09. The van der Waals surface area contributed by atoms with Crippen LogP contribution in [0.15, 0.2) is 6.20 Å². The van der Waals surface area contributed by atoms with E-state index >= 15 is 0 Å². The molecule has 0 aliphatic rings. The first-order valence-electron chi connectivity index (χ1n) is 4.18. The van der Waals surface area contributed by atoms with Gasteiger partial charge in [-0.15, -0.1) is 0 Å². The van der Waals surface area contributed by atoms with Crippen LogP contribution in [0.4, 0.5) is 5.82 Å². The highest BCUT2D eigenvalue weighted by atomic mass is 16.5. The average molecular weight is 198 g/mol. The predicted molar refractivity (Wildman–Crippen MR) is 51.6 cm³/mol. The minimum Gasteiger partial charge on any atom is -0.375 e. The fraction of sp³-hybridized carbons (Fsp3) is 0.500. The molecule has 0 atom stereocenters. The molecule has 1 heterocycles.